The van der Waals surface area contributed by atoms with Crippen LogP contribution in [-0.4, -0.2) is 29.2 Å². The van der Waals surface area contributed by atoms with Gasteiger partial charge in [-0.15, -0.1) is 0 Å². The van der Waals surface area contributed by atoms with Gasteiger partial charge in [0, 0.05) is 17.0 Å². The molecule has 0 aliphatic carbocycles. The van der Waals surface area contributed by atoms with Crippen LogP contribution in [0.1, 0.15) is 71.1 Å². The maximum absolute atomic E-state index is 8.57. The third-order valence-electron chi connectivity index (χ3n) is 2.51. The molecular formula is C12H26K2O5S. The SMILES string of the molecule is CCCCCCCCCCCCO.O=S(=O)([O-])[O-].[K+].[K+]. The van der Waals surface area contributed by atoms with Gasteiger partial charge >= 0.3 is 103 Å². The molecule has 1 N–H and O–H groups in total. The van der Waals surface area contributed by atoms with Gasteiger partial charge in [-0.1, -0.05) is 64.7 Å². The summed E-state index contributed by atoms with van der Waals surface area (Å²) >= 11 is 0. The van der Waals surface area contributed by atoms with Crippen molar-refractivity contribution in [2.75, 3.05) is 6.61 Å². The number of hydrogen-bond acceptors (Lipinski definition) is 5. The van der Waals surface area contributed by atoms with Crippen molar-refractivity contribution in [2.45, 2.75) is 71.1 Å². The van der Waals surface area contributed by atoms with Crippen LogP contribution < -0.4 is 103 Å². The molecule has 0 aliphatic rings. The van der Waals surface area contributed by atoms with Crippen LogP contribution in [0.25, 0.3) is 0 Å². The summed E-state index contributed by atoms with van der Waals surface area (Å²) in [6.45, 7) is 2.63. The van der Waals surface area contributed by atoms with Crippen molar-refractivity contribution in [3.05, 3.63) is 0 Å². The predicted molar refractivity (Wildman–Crippen MR) is 69.4 cm³/mol. The predicted octanol–water partition coefficient (Wildman–Crippen LogP) is -3.43. The molecule has 0 saturated heterocycles. The number of aliphatic hydroxyl groups is 1. The van der Waals surface area contributed by atoms with E-state index in [2.05, 4.69) is 6.92 Å². The first-order valence-corrected chi connectivity index (χ1v) is 8.02. The smallest absolute Gasteiger partial charge is 0.759 e. The molecule has 8 heteroatoms. The molecule has 0 fully saturated rings. The van der Waals surface area contributed by atoms with Crippen molar-refractivity contribution in [3.63, 3.8) is 0 Å². The molecule has 0 aromatic carbocycles. The van der Waals surface area contributed by atoms with Gasteiger partial charge in [0.25, 0.3) is 0 Å². The van der Waals surface area contributed by atoms with Crippen LogP contribution in [-0.2, 0) is 10.4 Å². The number of unbranched alkanes of at least 4 members (excludes halogenated alkanes) is 9. The fourth-order valence-corrected chi connectivity index (χ4v) is 1.60. The van der Waals surface area contributed by atoms with E-state index in [0.29, 0.717) is 6.61 Å². The van der Waals surface area contributed by atoms with Gasteiger partial charge < -0.3 is 14.2 Å². The van der Waals surface area contributed by atoms with Gasteiger partial charge in [0.2, 0.25) is 0 Å². The van der Waals surface area contributed by atoms with Crippen molar-refractivity contribution in [1.82, 2.24) is 0 Å². The molecule has 0 atom stereocenters. The maximum atomic E-state index is 8.57. The van der Waals surface area contributed by atoms with Gasteiger partial charge in [0.15, 0.2) is 0 Å². The molecule has 0 unspecified atom stereocenters. The Morgan fingerprint density at radius 1 is 0.750 bits per heavy atom. The monoisotopic (exact) mass is 360 g/mol. The Kier molecular flexibility index (Phi) is 37.7. The molecule has 0 spiro atoms. The summed E-state index contributed by atoms with van der Waals surface area (Å²) in [6.07, 6.45) is 13.3. The molecule has 0 radical (unpaired) electrons. The van der Waals surface area contributed by atoms with Crippen LogP contribution in [0.3, 0.4) is 0 Å². The Morgan fingerprint density at radius 2 is 1.00 bits per heavy atom. The van der Waals surface area contributed by atoms with E-state index in [1.54, 1.807) is 0 Å². The average molecular weight is 361 g/mol. The van der Waals surface area contributed by atoms with Crippen LogP contribution in [0.5, 0.6) is 0 Å². The van der Waals surface area contributed by atoms with E-state index >= 15 is 0 Å². The fourth-order valence-electron chi connectivity index (χ4n) is 1.60. The molecule has 0 bridgehead atoms. The Bertz CT molecular complexity index is 230. The zero-order valence-corrected chi connectivity index (χ0v) is 20.3. The molecule has 0 amide bonds. The Labute approximate surface area is 209 Å². The maximum Gasteiger partial charge on any atom is 1.00 e. The van der Waals surface area contributed by atoms with Crippen molar-refractivity contribution < 1.29 is 125 Å². The fraction of sp³-hybridized carbons (Fsp3) is 1.00. The summed E-state index contributed by atoms with van der Waals surface area (Å²) < 4.78 is 34.1. The topological polar surface area (TPSA) is 100 Å². The molecular weight excluding hydrogens is 334 g/mol. The van der Waals surface area contributed by atoms with Gasteiger partial charge in [-0.2, -0.15) is 0 Å². The summed E-state index contributed by atoms with van der Waals surface area (Å²) in [5.74, 6) is 0. The van der Waals surface area contributed by atoms with Crippen LogP contribution in [0.4, 0.5) is 0 Å². The van der Waals surface area contributed by atoms with E-state index in [1.165, 1.54) is 57.8 Å². The summed E-state index contributed by atoms with van der Waals surface area (Å²) in [4.78, 5) is 0. The second-order valence-electron chi connectivity index (χ2n) is 4.31. The Hall–Kier alpha value is 3.10. The van der Waals surface area contributed by atoms with Crippen LogP contribution in [0.2, 0.25) is 0 Å². The molecule has 0 aromatic heterocycles. The number of hydrogen-bond donors (Lipinski definition) is 1. The third-order valence-corrected chi connectivity index (χ3v) is 2.51. The molecule has 0 rings (SSSR count). The molecule has 20 heavy (non-hydrogen) atoms. The van der Waals surface area contributed by atoms with E-state index in [1.807, 2.05) is 0 Å². The van der Waals surface area contributed by atoms with Gasteiger partial charge in [0.05, 0.1) is 0 Å². The first kappa shape index (κ1) is 30.9. The van der Waals surface area contributed by atoms with Crippen molar-refractivity contribution in [2.24, 2.45) is 0 Å². The van der Waals surface area contributed by atoms with E-state index < -0.39 is 10.4 Å². The van der Waals surface area contributed by atoms with E-state index in [4.69, 9.17) is 22.6 Å². The standard InChI is InChI=1S/C12H26O.2K.H2O4S/c1-2-3-4-5-6-7-8-9-10-11-12-13;;;1-5(2,3)4/h13H,2-12H2,1H3;;;(H2,1,2,3,4)/q;2*+1;/p-2. The summed E-state index contributed by atoms with van der Waals surface area (Å²) in [5.41, 5.74) is 0. The minimum Gasteiger partial charge on any atom is -0.759 e. The van der Waals surface area contributed by atoms with E-state index in [0.717, 1.165) is 6.42 Å². The summed E-state index contributed by atoms with van der Waals surface area (Å²) in [5, 5.41) is 8.57. The second-order valence-corrected chi connectivity index (χ2v) is 5.13. The molecule has 0 aromatic rings. The summed E-state index contributed by atoms with van der Waals surface area (Å²) in [6, 6.07) is 0. The first-order valence-electron chi connectivity index (χ1n) is 6.69. The van der Waals surface area contributed by atoms with Crippen molar-refractivity contribution in [3.8, 4) is 0 Å². The quantitative estimate of drug-likeness (QED) is 0.189. The van der Waals surface area contributed by atoms with Gasteiger partial charge in [-0.25, -0.2) is 0 Å². The molecule has 0 aliphatic heterocycles. The molecule has 0 heterocycles. The van der Waals surface area contributed by atoms with Crippen LogP contribution in [0.15, 0.2) is 0 Å². The zero-order valence-electron chi connectivity index (χ0n) is 13.3. The second kappa shape index (κ2) is 24.4. The number of aliphatic hydroxyl groups excluding tert-OH is 1. The van der Waals surface area contributed by atoms with Gasteiger partial charge in [0.1, 0.15) is 0 Å². The average Bonchev–Trinajstić information content (AvgIpc) is 2.25. The largest absolute Gasteiger partial charge is 1.00 e. The Morgan fingerprint density at radius 3 is 1.25 bits per heavy atom. The minimum absolute atomic E-state index is 0. The summed E-state index contributed by atoms with van der Waals surface area (Å²) in [7, 11) is -5.17. The van der Waals surface area contributed by atoms with E-state index in [-0.39, 0.29) is 103 Å². The molecule has 112 valence electrons. The molecule has 5 nitrogen and oxygen atoms in total. The first-order chi connectivity index (χ1) is 8.41. The van der Waals surface area contributed by atoms with Gasteiger partial charge in [-0.3, -0.25) is 8.42 Å². The van der Waals surface area contributed by atoms with Crippen molar-refractivity contribution in [1.29, 1.82) is 0 Å². The Balaban J connectivity index is -0.000000158. The number of rotatable bonds is 10. The zero-order chi connectivity index (χ0) is 14.3. The molecule has 0 saturated carbocycles. The van der Waals surface area contributed by atoms with Crippen LogP contribution >= 0.6 is 0 Å². The minimum atomic E-state index is -5.17. The normalized spacial score (nSPS) is 9.80. The van der Waals surface area contributed by atoms with Crippen LogP contribution in [0, 0.1) is 0 Å². The van der Waals surface area contributed by atoms with E-state index in [9.17, 15) is 0 Å². The van der Waals surface area contributed by atoms with Gasteiger partial charge in [-0.05, 0) is 6.42 Å². The van der Waals surface area contributed by atoms with Crippen molar-refractivity contribution >= 4 is 10.4 Å². The third kappa shape index (κ3) is 49.7.